The molecule has 7 nitrogen and oxygen atoms in total. The van der Waals surface area contributed by atoms with Crippen LogP contribution < -0.4 is 5.32 Å². The van der Waals surface area contributed by atoms with E-state index in [1.165, 1.54) is 12.1 Å². The first kappa shape index (κ1) is 13.2. The molecule has 0 bridgehead atoms. The van der Waals surface area contributed by atoms with Gasteiger partial charge in [0.2, 0.25) is 0 Å². The van der Waals surface area contributed by atoms with Crippen LogP contribution in [0.5, 0.6) is 0 Å². The number of hydrogen-bond donors (Lipinski definition) is 2. The lowest BCUT2D eigenvalue weighted by Gasteiger charge is -1.98. The summed E-state index contributed by atoms with van der Waals surface area (Å²) in [6, 6.07) is 4.89. The summed E-state index contributed by atoms with van der Waals surface area (Å²) in [7, 11) is 1.84. The van der Waals surface area contributed by atoms with E-state index in [2.05, 4.69) is 15.4 Å². The Balaban J connectivity index is 1.95. The van der Waals surface area contributed by atoms with Gasteiger partial charge in [0, 0.05) is 13.2 Å². The van der Waals surface area contributed by atoms with Crippen molar-refractivity contribution in [3.05, 3.63) is 35.7 Å². The Morgan fingerprint density at radius 2 is 2.29 bits per heavy atom. The second kappa shape index (κ2) is 4.93. The van der Waals surface area contributed by atoms with Crippen molar-refractivity contribution in [1.82, 2.24) is 14.8 Å². The number of benzene rings is 1. The maximum absolute atomic E-state index is 10.9. The first-order valence-corrected chi connectivity index (χ1v) is 6.50. The van der Waals surface area contributed by atoms with E-state index in [0.717, 1.165) is 17.8 Å². The summed E-state index contributed by atoms with van der Waals surface area (Å²) in [6.07, 6.45) is 2.63. The van der Waals surface area contributed by atoms with Gasteiger partial charge in [0.25, 0.3) is 6.01 Å². The zero-order chi connectivity index (χ0) is 15.0. The molecule has 0 aliphatic carbocycles. The average molecular weight is 286 g/mol. The van der Waals surface area contributed by atoms with Gasteiger partial charge in [0.1, 0.15) is 5.52 Å². The van der Waals surface area contributed by atoms with E-state index in [0.29, 0.717) is 17.1 Å². The minimum Gasteiger partial charge on any atom is -0.478 e. The molecule has 2 N–H and O–H groups in total. The zero-order valence-electron chi connectivity index (χ0n) is 11.6. The minimum absolute atomic E-state index is 0.167. The molecule has 0 atom stereocenters. The SMILES string of the molecule is CCc1nn(C)cc1Nc1nc2ccc(C(=O)O)cc2o1. The Bertz CT molecular complexity index is 819. The van der Waals surface area contributed by atoms with E-state index in [4.69, 9.17) is 9.52 Å². The lowest BCUT2D eigenvalue weighted by atomic mass is 10.2. The highest BCUT2D eigenvalue weighted by Gasteiger charge is 2.12. The number of fused-ring (bicyclic) bond motifs is 1. The molecule has 0 aliphatic rings. The normalized spacial score (nSPS) is 11.0. The predicted octanol–water partition coefficient (Wildman–Crippen LogP) is 2.57. The average Bonchev–Trinajstić information content (AvgIpc) is 3.00. The molecule has 0 unspecified atom stereocenters. The molecule has 2 heterocycles. The summed E-state index contributed by atoms with van der Waals surface area (Å²) in [5.74, 6) is -0.997. The van der Waals surface area contributed by atoms with Gasteiger partial charge < -0.3 is 14.8 Å². The number of aryl methyl sites for hydroxylation is 2. The molecule has 0 spiro atoms. The Hall–Kier alpha value is -2.83. The molecule has 0 radical (unpaired) electrons. The summed E-state index contributed by atoms with van der Waals surface area (Å²) < 4.78 is 7.26. The zero-order valence-corrected chi connectivity index (χ0v) is 11.6. The van der Waals surface area contributed by atoms with Gasteiger partial charge in [-0.25, -0.2) is 4.79 Å². The Morgan fingerprint density at radius 1 is 1.48 bits per heavy atom. The van der Waals surface area contributed by atoms with Gasteiger partial charge in [0.05, 0.1) is 16.9 Å². The summed E-state index contributed by atoms with van der Waals surface area (Å²) in [5.41, 5.74) is 2.93. The summed E-state index contributed by atoms with van der Waals surface area (Å²) >= 11 is 0. The molecule has 0 amide bonds. The van der Waals surface area contributed by atoms with Crippen molar-refractivity contribution in [2.75, 3.05) is 5.32 Å². The maximum Gasteiger partial charge on any atom is 0.335 e. The minimum atomic E-state index is -0.997. The topological polar surface area (TPSA) is 93.2 Å². The highest BCUT2D eigenvalue weighted by molar-refractivity contribution is 5.92. The van der Waals surface area contributed by atoms with Crippen LogP contribution in [0.25, 0.3) is 11.1 Å². The molecule has 21 heavy (non-hydrogen) atoms. The lowest BCUT2D eigenvalue weighted by molar-refractivity contribution is 0.0697. The monoisotopic (exact) mass is 286 g/mol. The van der Waals surface area contributed by atoms with Crippen molar-refractivity contribution in [3.63, 3.8) is 0 Å². The quantitative estimate of drug-likeness (QED) is 0.765. The number of aromatic nitrogens is 3. The standard InChI is InChI=1S/C14H14N4O3/c1-3-9-11(7-18(2)17-9)16-14-15-10-5-4-8(13(19)20)6-12(10)21-14/h4-7H,3H2,1-2H3,(H,15,16)(H,19,20). The number of oxazole rings is 1. The molecule has 0 fully saturated rings. The van der Waals surface area contributed by atoms with E-state index in [1.807, 2.05) is 20.2 Å². The Kier molecular flexibility index (Phi) is 3.09. The molecule has 3 aromatic rings. The molecule has 7 heteroatoms. The molecule has 1 aromatic carbocycles. The smallest absolute Gasteiger partial charge is 0.335 e. The van der Waals surface area contributed by atoms with E-state index >= 15 is 0 Å². The molecular formula is C14H14N4O3. The largest absolute Gasteiger partial charge is 0.478 e. The van der Waals surface area contributed by atoms with Crippen LogP contribution in [0, 0.1) is 0 Å². The van der Waals surface area contributed by atoms with Crippen LogP contribution >= 0.6 is 0 Å². The molecule has 108 valence electrons. The van der Waals surface area contributed by atoms with Gasteiger partial charge in [-0.2, -0.15) is 10.1 Å². The van der Waals surface area contributed by atoms with Gasteiger partial charge >= 0.3 is 5.97 Å². The molecule has 3 rings (SSSR count). The fourth-order valence-electron chi connectivity index (χ4n) is 2.13. The van der Waals surface area contributed by atoms with Crippen LogP contribution in [0.1, 0.15) is 23.0 Å². The first-order valence-electron chi connectivity index (χ1n) is 6.50. The molecule has 0 saturated carbocycles. The third-order valence-electron chi connectivity index (χ3n) is 3.12. The second-order valence-corrected chi connectivity index (χ2v) is 4.65. The highest BCUT2D eigenvalue weighted by atomic mass is 16.4. The summed E-state index contributed by atoms with van der Waals surface area (Å²) in [4.78, 5) is 15.2. The highest BCUT2D eigenvalue weighted by Crippen LogP contribution is 2.24. The van der Waals surface area contributed by atoms with Gasteiger partial charge in [-0.3, -0.25) is 4.68 Å². The van der Waals surface area contributed by atoms with Crippen molar-refractivity contribution in [2.24, 2.45) is 7.05 Å². The Morgan fingerprint density at radius 3 is 3.00 bits per heavy atom. The van der Waals surface area contributed by atoms with Crippen LogP contribution in [-0.2, 0) is 13.5 Å². The number of nitrogens with zero attached hydrogens (tertiary/aromatic N) is 3. The maximum atomic E-state index is 10.9. The second-order valence-electron chi connectivity index (χ2n) is 4.65. The number of carboxylic acid groups (broad SMARTS) is 1. The Labute approximate surface area is 120 Å². The molecule has 0 aliphatic heterocycles. The number of nitrogens with one attached hydrogen (secondary N) is 1. The van der Waals surface area contributed by atoms with Crippen LogP contribution in [0.15, 0.2) is 28.8 Å². The van der Waals surface area contributed by atoms with Crippen LogP contribution in [0.2, 0.25) is 0 Å². The third-order valence-corrected chi connectivity index (χ3v) is 3.12. The van der Waals surface area contributed by atoms with Crippen molar-refractivity contribution >= 4 is 28.8 Å². The van der Waals surface area contributed by atoms with E-state index < -0.39 is 5.97 Å². The fraction of sp³-hybridized carbons (Fsp3) is 0.214. The summed E-state index contributed by atoms with van der Waals surface area (Å²) in [6.45, 7) is 2.01. The van der Waals surface area contributed by atoms with Crippen LogP contribution in [0.3, 0.4) is 0 Å². The van der Waals surface area contributed by atoms with Crippen LogP contribution in [-0.4, -0.2) is 25.8 Å². The van der Waals surface area contributed by atoms with Gasteiger partial charge in [-0.05, 0) is 24.6 Å². The number of carboxylic acids is 1. The number of aromatic carboxylic acids is 1. The number of hydrogen-bond acceptors (Lipinski definition) is 5. The van der Waals surface area contributed by atoms with E-state index in [-0.39, 0.29) is 5.56 Å². The molecular weight excluding hydrogens is 272 g/mol. The number of rotatable bonds is 4. The third kappa shape index (κ3) is 2.45. The summed E-state index contributed by atoms with van der Waals surface area (Å²) in [5, 5.41) is 16.4. The van der Waals surface area contributed by atoms with Gasteiger partial charge in [-0.15, -0.1) is 0 Å². The number of anilines is 2. The lowest BCUT2D eigenvalue weighted by Crippen LogP contribution is -1.94. The molecule has 2 aromatic heterocycles. The van der Waals surface area contributed by atoms with E-state index in [1.54, 1.807) is 10.7 Å². The molecule has 0 saturated heterocycles. The van der Waals surface area contributed by atoms with Crippen molar-refractivity contribution in [2.45, 2.75) is 13.3 Å². The predicted molar refractivity (Wildman–Crippen MR) is 76.8 cm³/mol. The van der Waals surface area contributed by atoms with Gasteiger partial charge in [-0.1, -0.05) is 6.92 Å². The van der Waals surface area contributed by atoms with Crippen LogP contribution in [0.4, 0.5) is 11.7 Å². The van der Waals surface area contributed by atoms with E-state index in [9.17, 15) is 4.79 Å². The van der Waals surface area contributed by atoms with Crippen molar-refractivity contribution in [3.8, 4) is 0 Å². The first-order chi connectivity index (χ1) is 10.1. The van der Waals surface area contributed by atoms with Crippen molar-refractivity contribution in [1.29, 1.82) is 0 Å². The number of carbonyl (C=O) groups is 1. The van der Waals surface area contributed by atoms with Crippen molar-refractivity contribution < 1.29 is 14.3 Å². The van der Waals surface area contributed by atoms with Gasteiger partial charge in [0.15, 0.2) is 5.58 Å². The fourth-order valence-corrected chi connectivity index (χ4v) is 2.13.